The molecule has 0 radical (unpaired) electrons. The van der Waals surface area contributed by atoms with Gasteiger partial charge >= 0.3 is 5.97 Å². The van der Waals surface area contributed by atoms with Gasteiger partial charge in [0, 0.05) is 11.1 Å². The lowest BCUT2D eigenvalue weighted by atomic mass is 9.78. The number of carbonyl (C=O) groups excluding carboxylic acids is 1. The van der Waals surface area contributed by atoms with Crippen molar-refractivity contribution in [2.75, 3.05) is 0 Å². The Balaban J connectivity index is 2.35. The fraction of sp³-hybridized carbons (Fsp3) is 0.435. The van der Waals surface area contributed by atoms with Crippen LogP contribution >= 0.6 is 0 Å². The molecular formula is C23H30O3. The second kappa shape index (κ2) is 7.14. The molecule has 0 saturated heterocycles. The van der Waals surface area contributed by atoms with Crippen LogP contribution in [-0.2, 0) is 22.2 Å². The normalized spacial score (nSPS) is 12.1. The summed E-state index contributed by atoms with van der Waals surface area (Å²) in [5, 5.41) is 10.7. The van der Waals surface area contributed by atoms with Crippen molar-refractivity contribution in [2.24, 2.45) is 0 Å². The lowest BCUT2D eigenvalue weighted by molar-refractivity contribution is 0.0472. The number of rotatable bonds is 3. The first kappa shape index (κ1) is 20.0. The standard InChI is InChI=1S/C23H30O3/c1-15-8-10-16(11-9-15)14-26-21(25)17-12-18(22(2,3)4)20(24)19(13-17)23(5,6)7/h8-13,24H,14H2,1-7H3. The average molecular weight is 354 g/mol. The van der Waals surface area contributed by atoms with E-state index in [4.69, 9.17) is 4.74 Å². The maximum absolute atomic E-state index is 12.7. The molecule has 140 valence electrons. The molecule has 3 nitrogen and oxygen atoms in total. The second-order valence-corrected chi connectivity index (χ2v) is 8.98. The molecule has 26 heavy (non-hydrogen) atoms. The van der Waals surface area contributed by atoms with Gasteiger partial charge in [-0.15, -0.1) is 0 Å². The van der Waals surface area contributed by atoms with Crippen LogP contribution in [0.3, 0.4) is 0 Å². The first-order chi connectivity index (χ1) is 11.9. The molecule has 3 heteroatoms. The van der Waals surface area contributed by atoms with Gasteiger partial charge in [-0.25, -0.2) is 4.79 Å². The SMILES string of the molecule is Cc1ccc(COC(=O)c2cc(C(C)(C)C)c(O)c(C(C)(C)C)c2)cc1. The summed E-state index contributed by atoms with van der Waals surface area (Å²) in [4.78, 5) is 12.7. The van der Waals surface area contributed by atoms with Gasteiger partial charge in [0.05, 0.1) is 5.56 Å². The highest BCUT2D eigenvalue weighted by Crippen LogP contribution is 2.39. The number of aryl methyl sites for hydroxylation is 1. The number of hydrogen-bond donors (Lipinski definition) is 1. The molecule has 0 aromatic heterocycles. The summed E-state index contributed by atoms with van der Waals surface area (Å²) in [7, 11) is 0. The van der Waals surface area contributed by atoms with Crippen LogP contribution in [0.5, 0.6) is 5.75 Å². The summed E-state index contributed by atoms with van der Waals surface area (Å²) in [6, 6.07) is 11.4. The van der Waals surface area contributed by atoms with Crippen LogP contribution in [0.25, 0.3) is 0 Å². The predicted octanol–water partition coefficient (Wildman–Crippen LogP) is 5.65. The number of phenolic OH excluding ortho intramolecular Hbond substituents is 1. The zero-order valence-corrected chi connectivity index (χ0v) is 16.9. The van der Waals surface area contributed by atoms with Gasteiger partial charge in [0.2, 0.25) is 0 Å². The number of esters is 1. The van der Waals surface area contributed by atoms with Crippen molar-refractivity contribution in [1.82, 2.24) is 0 Å². The Kier molecular flexibility index (Phi) is 5.50. The van der Waals surface area contributed by atoms with Crippen LogP contribution in [0.2, 0.25) is 0 Å². The van der Waals surface area contributed by atoms with Crippen LogP contribution in [0.15, 0.2) is 36.4 Å². The van der Waals surface area contributed by atoms with Gasteiger partial charge in [0.1, 0.15) is 12.4 Å². The Morgan fingerprint density at radius 2 is 1.38 bits per heavy atom. The molecule has 2 aromatic rings. The van der Waals surface area contributed by atoms with E-state index in [0.29, 0.717) is 5.56 Å². The van der Waals surface area contributed by atoms with Crippen molar-refractivity contribution < 1.29 is 14.6 Å². The van der Waals surface area contributed by atoms with E-state index in [1.54, 1.807) is 12.1 Å². The highest BCUT2D eigenvalue weighted by molar-refractivity contribution is 5.90. The second-order valence-electron chi connectivity index (χ2n) is 8.98. The molecule has 0 aliphatic rings. The topological polar surface area (TPSA) is 46.5 Å². The monoisotopic (exact) mass is 354 g/mol. The molecule has 0 spiro atoms. The summed E-state index contributed by atoms with van der Waals surface area (Å²) in [5.41, 5.74) is 3.55. The minimum Gasteiger partial charge on any atom is -0.507 e. The highest BCUT2D eigenvalue weighted by atomic mass is 16.5. The van der Waals surface area contributed by atoms with Crippen molar-refractivity contribution >= 4 is 5.97 Å². The van der Waals surface area contributed by atoms with E-state index in [-0.39, 0.29) is 29.2 Å². The first-order valence-electron chi connectivity index (χ1n) is 9.00. The maximum atomic E-state index is 12.7. The number of ether oxygens (including phenoxy) is 1. The molecular weight excluding hydrogens is 324 g/mol. The molecule has 2 rings (SSSR count). The lowest BCUT2D eigenvalue weighted by Crippen LogP contribution is -2.19. The fourth-order valence-corrected chi connectivity index (χ4v) is 2.81. The van der Waals surface area contributed by atoms with Crippen molar-refractivity contribution in [2.45, 2.75) is 65.9 Å². The highest BCUT2D eigenvalue weighted by Gasteiger charge is 2.28. The predicted molar refractivity (Wildman–Crippen MR) is 106 cm³/mol. The Labute approximate surface area is 157 Å². The summed E-state index contributed by atoms with van der Waals surface area (Å²) < 4.78 is 5.51. The molecule has 1 N–H and O–H groups in total. The van der Waals surface area contributed by atoms with E-state index < -0.39 is 0 Å². The van der Waals surface area contributed by atoms with Crippen LogP contribution in [0.1, 0.15) is 74.2 Å². The minimum atomic E-state index is -0.374. The first-order valence-corrected chi connectivity index (χ1v) is 9.00. The van der Waals surface area contributed by atoms with Gasteiger partial charge in [-0.1, -0.05) is 71.4 Å². The molecule has 0 amide bonds. The van der Waals surface area contributed by atoms with Gasteiger partial charge < -0.3 is 9.84 Å². The van der Waals surface area contributed by atoms with Gasteiger partial charge in [0.25, 0.3) is 0 Å². The smallest absolute Gasteiger partial charge is 0.338 e. The van der Waals surface area contributed by atoms with E-state index in [2.05, 4.69) is 0 Å². The van der Waals surface area contributed by atoms with E-state index in [1.807, 2.05) is 72.7 Å². The third kappa shape index (κ3) is 4.66. The van der Waals surface area contributed by atoms with E-state index in [1.165, 1.54) is 5.56 Å². The van der Waals surface area contributed by atoms with E-state index in [9.17, 15) is 9.90 Å². The number of phenols is 1. The van der Waals surface area contributed by atoms with Crippen LogP contribution in [0.4, 0.5) is 0 Å². The number of hydrogen-bond acceptors (Lipinski definition) is 3. The van der Waals surface area contributed by atoms with Gasteiger partial charge in [0.15, 0.2) is 0 Å². The largest absolute Gasteiger partial charge is 0.507 e. The Hall–Kier alpha value is -2.29. The van der Waals surface area contributed by atoms with Crippen molar-refractivity contribution in [1.29, 1.82) is 0 Å². The van der Waals surface area contributed by atoms with Crippen molar-refractivity contribution in [3.8, 4) is 5.75 Å². The number of carbonyl (C=O) groups is 1. The van der Waals surface area contributed by atoms with Gasteiger partial charge in [-0.3, -0.25) is 0 Å². The van der Waals surface area contributed by atoms with Crippen molar-refractivity contribution in [3.63, 3.8) is 0 Å². The minimum absolute atomic E-state index is 0.232. The van der Waals surface area contributed by atoms with Gasteiger partial charge in [-0.05, 0) is 35.4 Å². The zero-order chi connectivity index (χ0) is 19.7. The maximum Gasteiger partial charge on any atom is 0.338 e. The quantitative estimate of drug-likeness (QED) is 0.724. The van der Waals surface area contributed by atoms with E-state index in [0.717, 1.165) is 16.7 Å². The zero-order valence-electron chi connectivity index (χ0n) is 16.9. The molecule has 0 bridgehead atoms. The molecule has 0 heterocycles. The fourth-order valence-electron chi connectivity index (χ4n) is 2.81. The van der Waals surface area contributed by atoms with Crippen molar-refractivity contribution in [3.05, 3.63) is 64.2 Å². The molecule has 2 aromatic carbocycles. The Morgan fingerprint density at radius 1 is 0.923 bits per heavy atom. The van der Waals surface area contributed by atoms with E-state index >= 15 is 0 Å². The molecule has 0 aliphatic heterocycles. The third-order valence-electron chi connectivity index (χ3n) is 4.45. The van der Waals surface area contributed by atoms with Crippen LogP contribution < -0.4 is 0 Å². The third-order valence-corrected chi connectivity index (χ3v) is 4.45. The number of benzene rings is 2. The molecule has 0 aliphatic carbocycles. The van der Waals surface area contributed by atoms with Gasteiger partial charge in [-0.2, -0.15) is 0 Å². The number of aromatic hydroxyl groups is 1. The Bertz CT molecular complexity index is 753. The average Bonchev–Trinajstić information content (AvgIpc) is 2.52. The lowest BCUT2D eigenvalue weighted by Gasteiger charge is -2.28. The molecule has 0 saturated carbocycles. The molecule has 0 unspecified atom stereocenters. The summed E-state index contributed by atoms with van der Waals surface area (Å²) in [5.74, 6) is -0.110. The molecule has 0 atom stereocenters. The molecule has 0 fully saturated rings. The Morgan fingerprint density at radius 3 is 1.81 bits per heavy atom. The summed E-state index contributed by atoms with van der Waals surface area (Å²) >= 11 is 0. The summed E-state index contributed by atoms with van der Waals surface area (Å²) in [6.07, 6.45) is 0. The summed E-state index contributed by atoms with van der Waals surface area (Å²) in [6.45, 7) is 14.4. The van der Waals surface area contributed by atoms with Crippen LogP contribution in [-0.4, -0.2) is 11.1 Å². The van der Waals surface area contributed by atoms with Crippen LogP contribution in [0, 0.1) is 6.92 Å².